The molecule has 0 N–H and O–H groups in total. The molecule has 1 aliphatic heterocycles. The second-order valence-electron chi connectivity index (χ2n) is 11.1. The molecule has 2 heteroatoms. The monoisotopic (exact) mass is 481 g/mol. The molecule has 1 heterocycles. The lowest BCUT2D eigenvalue weighted by atomic mass is 9.98. The standard InChI is InChI=1S/C33H29Si2/c1-34(2,3)27-19-18-24(20-27)29-22-30-28-17-11-10-12-23(28)21-31(30)33-32(29)35(33,25-13-6-4-7-14-25)26-15-8-5-9-16-26/h4-17,19-22H,18H2,1-3H3. The van der Waals surface area contributed by atoms with Crippen molar-refractivity contribution < 1.29 is 0 Å². The third-order valence-corrected chi connectivity index (χ3v) is 14.9. The van der Waals surface area contributed by atoms with E-state index < -0.39 is 16.1 Å². The summed E-state index contributed by atoms with van der Waals surface area (Å²) in [5.74, 6) is 0. The van der Waals surface area contributed by atoms with Gasteiger partial charge >= 0.3 is 0 Å². The lowest BCUT2D eigenvalue weighted by Crippen LogP contribution is -2.55. The molecule has 0 unspecified atom stereocenters. The number of rotatable bonds is 4. The summed E-state index contributed by atoms with van der Waals surface area (Å²) in [5.41, 5.74) is 8.68. The summed E-state index contributed by atoms with van der Waals surface area (Å²) in [6, 6.07) is 34.2. The van der Waals surface area contributed by atoms with Gasteiger partial charge in [-0.15, -0.1) is 0 Å². The average Bonchev–Trinajstić information content (AvgIpc) is 3.16. The second-order valence-corrected chi connectivity index (χ2v) is 19.9. The van der Waals surface area contributed by atoms with Crippen LogP contribution in [0.2, 0.25) is 19.6 Å². The van der Waals surface area contributed by atoms with E-state index in [9.17, 15) is 0 Å². The van der Waals surface area contributed by atoms with Gasteiger partial charge in [0.2, 0.25) is 0 Å². The summed E-state index contributed by atoms with van der Waals surface area (Å²) in [5, 5.41) is 7.91. The van der Waals surface area contributed by atoms with Gasteiger partial charge in [0.15, 0.2) is 8.07 Å². The molecule has 0 spiro atoms. The summed E-state index contributed by atoms with van der Waals surface area (Å²) in [6.07, 6.45) is 8.58. The third kappa shape index (κ3) is 2.96. The number of benzene rings is 4. The maximum Gasteiger partial charge on any atom is 0.180 e. The van der Waals surface area contributed by atoms with Crippen LogP contribution in [0.1, 0.15) is 23.1 Å². The topological polar surface area (TPSA) is 0 Å². The highest BCUT2D eigenvalue weighted by atomic mass is 28.3. The van der Waals surface area contributed by atoms with E-state index in [-0.39, 0.29) is 0 Å². The zero-order chi connectivity index (χ0) is 23.8. The molecule has 169 valence electrons. The van der Waals surface area contributed by atoms with Crippen LogP contribution in [0, 0.1) is 6.42 Å². The summed E-state index contributed by atoms with van der Waals surface area (Å²) < 4.78 is 0. The van der Waals surface area contributed by atoms with Crippen molar-refractivity contribution in [3.8, 4) is 11.1 Å². The smallest absolute Gasteiger partial charge is 0.0808 e. The van der Waals surface area contributed by atoms with Crippen LogP contribution < -0.4 is 20.7 Å². The van der Waals surface area contributed by atoms with Crippen molar-refractivity contribution in [1.29, 1.82) is 0 Å². The summed E-state index contributed by atoms with van der Waals surface area (Å²) in [6.45, 7) is 7.39. The number of hydrogen-bond acceptors (Lipinski definition) is 0. The fourth-order valence-electron chi connectivity index (χ4n) is 6.39. The van der Waals surface area contributed by atoms with Crippen LogP contribution in [0.15, 0.2) is 108 Å². The van der Waals surface area contributed by atoms with Crippen molar-refractivity contribution in [3.63, 3.8) is 0 Å². The van der Waals surface area contributed by atoms with Gasteiger partial charge in [-0.05, 0) is 66.6 Å². The van der Waals surface area contributed by atoms with E-state index in [2.05, 4.69) is 129 Å². The van der Waals surface area contributed by atoms with Crippen LogP contribution in [0.3, 0.4) is 0 Å². The van der Waals surface area contributed by atoms with E-state index in [0.717, 1.165) is 6.42 Å². The lowest BCUT2D eigenvalue weighted by molar-refractivity contribution is 1.44. The van der Waals surface area contributed by atoms with Crippen LogP contribution in [0.4, 0.5) is 0 Å². The van der Waals surface area contributed by atoms with E-state index in [4.69, 9.17) is 0 Å². The maximum atomic E-state index is 2.55. The Morgan fingerprint density at radius 1 is 0.657 bits per heavy atom. The van der Waals surface area contributed by atoms with Crippen LogP contribution in [0.5, 0.6) is 0 Å². The molecule has 2 aliphatic carbocycles. The molecule has 4 aromatic rings. The quantitative estimate of drug-likeness (QED) is 0.290. The first-order chi connectivity index (χ1) is 17.0. The molecule has 0 nitrogen and oxygen atoms in total. The van der Waals surface area contributed by atoms with E-state index in [1.807, 2.05) is 0 Å². The van der Waals surface area contributed by atoms with Gasteiger partial charge in [-0.2, -0.15) is 0 Å². The van der Waals surface area contributed by atoms with Crippen LogP contribution >= 0.6 is 0 Å². The fraction of sp³-hybridized carbons (Fsp3) is 0.121. The fourth-order valence-corrected chi connectivity index (χ4v) is 13.0. The zero-order valence-corrected chi connectivity index (χ0v) is 22.6. The first kappa shape index (κ1) is 21.1. The van der Waals surface area contributed by atoms with Gasteiger partial charge in [0.05, 0.1) is 8.07 Å². The predicted octanol–water partition coefficient (Wildman–Crippen LogP) is 5.55. The Labute approximate surface area is 210 Å². The summed E-state index contributed by atoms with van der Waals surface area (Å²) in [7, 11) is -3.55. The Bertz CT molecular complexity index is 1510. The first-order valence-corrected chi connectivity index (χ1v) is 18.2. The van der Waals surface area contributed by atoms with Crippen molar-refractivity contribution in [1.82, 2.24) is 0 Å². The van der Waals surface area contributed by atoms with E-state index in [1.54, 1.807) is 15.6 Å². The first-order valence-electron chi connectivity index (χ1n) is 12.7. The molecule has 3 aliphatic rings. The highest BCUT2D eigenvalue weighted by Gasteiger charge is 2.60. The van der Waals surface area contributed by atoms with Crippen LogP contribution in [-0.4, -0.2) is 16.1 Å². The van der Waals surface area contributed by atoms with Crippen molar-refractivity contribution in [2.75, 3.05) is 0 Å². The Kier molecular flexibility index (Phi) is 4.46. The molecule has 0 atom stereocenters. The number of allylic oxidation sites excluding steroid dienone is 4. The van der Waals surface area contributed by atoms with Gasteiger partial charge in [0.25, 0.3) is 0 Å². The van der Waals surface area contributed by atoms with Gasteiger partial charge in [-0.25, -0.2) is 0 Å². The predicted molar refractivity (Wildman–Crippen MR) is 156 cm³/mol. The largest absolute Gasteiger partial charge is 0.180 e. The lowest BCUT2D eigenvalue weighted by Gasteiger charge is -2.17. The van der Waals surface area contributed by atoms with Crippen molar-refractivity contribution in [2.24, 2.45) is 0 Å². The molecule has 7 rings (SSSR count). The molecule has 4 aromatic carbocycles. The van der Waals surface area contributed by atoms with Gasteiger partial charge in [-0.3, -0.25) is 0 Å². The van der Waals surface area contributed by atoms with Gasteiger partial charge < -0.3 is 0 Å². The van der Waals surface area contributed by atoms with E-state index >= 15 is 0 Å². The Balaban J connectivity index is 1.53. The van der Waals surface area contributed by atoms with Crippen molar-refractivity contribution in [2.45, 2.75) is 26.1 Å². The van der Waals surface area contributed by atoms with Crippen LogP contribution in [-0.2, 0) is 0 Å². The van der Waals surface area contributed by atoms with Crippen LogP contribution in [0.25, 0.3) is 16.7 Å². The molecule has 0 amide bonds. The zero-order valence-electron chi connectivity index (χ0n) is 20.6. The number of hydrogen-bond donors (Lipinski definition) is 0. The number of fused-ring (bicyclic) bond motifs is 5. The van der Waals surface area contributed by atoms with Gasteiger partial charge in [-0.1, -0.05) is 122 Å². The summed E-state index contributed by atoms with van der Waals surface area (Å²) >= 11 is 0. The molecular formula is C33H29Si2. The molecular weight excluding hydrogens is 453 g/mol. The summed E-state index contributed by atoms with van der Waals surface area (Å²) in [4.78, 5) is 0. The average molecular weight is 482 g/mol. The minimum Gasteiger partial charge on any atom is -0.0808 e. The van der Waals surface area contributed by atoms with E-state index in [0.29, 0.717) is 0 Å². The third-order valence-electron chi connectivity index (χ3n) is 8.10. The van der Waals surface area contributed by atoms with Gasteiger partial charge in [0.1, 0.15) is 0 Å². The minimum absolute atomic E-state index is 1.06. The van der Waals surface area contributed by atoms with Crippen molar-refractivity contribution >= 4 is 42.5 Å². The van der Waals surface area contributed by atoms with Gasteiger partial charge in [0, 0.05) is 6.42 Å². The highest BCUT2D eigenvalue weighted by molar-refractivity contribution is 7.33. The Hall–Kier alpha value is -3.21. The Morgan fingerprint density at radius 3 is 1.91 bits per heavy atom. The molecule has 0 saturated heterocycles. The normalized spacial score (nSPS) is 16.8. The molecule has 35 heavy (non-hydrogen) atoms. The molecule has 0 aromatic heterocycles. The minimum atomic E-state index is -2.20. The maximum absolute atomic E-state index is 2.55. The molecule has 0 bridgehead atoms. The molecule has 0 saturated carbocycles. The molecule has 0 fully saturated rings. The SMILES string of the molecule is C[Si](C)(C)C1=CCC(c2cc3c(c4c2[Si]4(c2ccccc2)c2ccccc2)[CH]c2ccccc2-3)=C1. The van der Waals surface area contributed by atoms with E-state index in [1.165, 1.54) is 43.8 Å². The second kappa shape index (κ2) is 7.40. The molecule has 1 radical (unpaired) electrons. The Morgan fingerprint density at radius 2 is 1.29 bits per heavy atom. The highest BCUT2D eigenvalue weighted by Crippen LogP contribution is 2.43. The van der Waals surface area contributed by atoms with Crippen molar-refractivity contribution in [3.05, 3.63) is 131 Å².